The summed E-state index contributed by atoms with van der Waals surface area (Å²) in [5, 5.41) is 8.89. The number of nitrogens with zero attached hydrogens (tertiary/aromatic N) is 1. The summed E-state index contributed by atoms with van der Waals surface area (Å²) >= 11 is 0. The second-order valence-electron chi connectivity index (χ2n) is 7.16. The van der Waals surface area contributed by atoms with E-state index < -0.39 is 0 Å². The molecule has 2 fully saturated rings. The van der Waals surface area contributed by atoms with Gasteiger partial charge in [-0.2, -0.15) is 5.26 Å². The molecular formula is C22H21NO2. The lowest BCUT2D eigenvalue weighted by atomic mass is 9.75. The third-order valence-electron chi connectivity index (χ3n) is 5.68. The molecule has 1 aliphatic carbocycles. The van der Waals surface area contributed by atoms with Crippen LogP contribution in [-0.4, -0.2) is 12.1 Å². The average molecular weight is 331 g/mol. The molecule has 4 rings (SSSR count). The number of nitriles is 1. The van der Waals surface area contributed by atoms with Crippen molar-refractivity contribution in [2.75, 3.05) is 0 Å². The van der Waals surface area contributed by atoms with Crippen LogP contribution in [0.4, 0.5) is 0 Å². The Labute approximate surface area is 148 Å². The van der Waals surface area contributed by atoms with Gasteiger partial charge < -0.3 is 4.74 Å². The van der Waals surface area contributed by atoms with Gasteiger partial charge >= 0.3 is 5.97 Å². The molecule has 1 saturated heterocycles. The highest BCUT2D eigenvalue weighted by Crippen LogP contribution is 2.40. The molecular weight excluding hydrogens is 310 g/mol. The van der Waals surface area contributed by atoms with E-state index in [1.54, 1.807) is 0 Å². The van der Waals surface area contributed by atoms with Crippen LogP contribution in [0.3, 0.4) is 0 Å². The first-order chi connectivity index (χ1) is 12.2. The van der Waals surface area contributed by atoms with Gasteiger partial charge in [-0.1, -0.05) is 36.4 Å². The van der Waals surface area contributed by atoms with E-state index in [-0.39, 0.29) is 12.1 Å². The Kier molecular flexibility index (Phi) is 4.28. The zero-order valence-corrected chi connectivity index (χ0v) is 14.2. The Hall–Kier alpha value is -2.60. The molecule has 2 aromatic rings. The maximum Gasteiger partial charge on any atom is 0.309 e. The van der Waals surface area contributed by atoms with Crippen molar-refractivity contribution in [1.82, 2.24) is 0 Å². The highest BCUT2D eigenvalue weighted by molar-refractivity contribution is 5.75. The van der Waals surface area contributed by atoms with Gasteiger partial charge in [0.2, 0.25) is 0 Å². The molecule has 0 spiro atoms. The van der Waals surface area contributed by atoms with Gasteiger partial charge in [-0.3, -0.25) is 4.79 Å². The van der Waals surface area contributed by atoms with Crippen LogP contribution in [0.1, 0.15) is 49.1 Å². The third kappa shape index (κ3) is 3.30. The van der Waals surface area contributed by atoms with Gasteiger partial charge in [0.15, 0.2) is 0 Å². The van der Waals surface area contributed by atoms with Crippen molar-refractivity contribution < 1.29 is 9.53 Å². The normalized spacial score (nSPS) is 25.6. The number of hydrogen-bond acceptors (Lipinski definition) is 3. The standard InChI is InChI=1S/C22H21NO2/c23-14-15-1-3-16(4-2-15)17-5-7-18(8-6-17)19-9-11-20(12-10-19)21-13-22(24)25-21/h1-8,19-21H,9-13H2. The predicted molar refractivity (Wildman–Crippen MR) is 95.8 cm³/mol. The Bertz CT molecular complexity index is 785. The van der Waals surface area contributed by atoms with Gasteiger partial charge in [0.25, 0.3) is 0 Å². The van der Waals surface area contributed by atoms with Crippen molar-refractivity contribution >= 4 is 5.97 Å². The first kappa shape index (κ1) is 15.9. The molecule has 3 nitrogen and oxygen atoms in total. The molecule has 0 bridgehead atoms. The number of esters is 1. The van der Waals surface area contributed by atoms with Crippen LogP contribution < -0.4 is 0 Å². The number of benzene rings is 2. The van der Waals surface area contributed by atoms with E-state index in [2.05, 4.69) is 30.3 Å². The fourth-order valence-electron chi connectivity index (χ4n) is 4.10. The van der Waals surface area contributed by atoms with E-state index in [0.29, 0.717) is 23.8 Å². The summed E-state index contributed by atoms with van der Waals surface area (Å²) < 4.78 is 5.24. The van der Waals surface area contributed by atoms with Crippen molar-refractivity contribution in [2.24, 2.45) is 5.92 Å². The smallest absolute Gasteiger partial charge is 0.309 e. The van der Waals surface area contributed by atoms with Gasteiger partial charge in [0, 0.05) is 0 Å². The summed E-state index contributed by atoms with van der Waals surface area (Å²) in [7, 11) is 0. The molecule has 0 N–H and O–H groups in total. The minimum absolute atomic E-state index is 0.0366. The van der Waals surface area contributed by atoms with Crippen LogP contribution in [-0.2, 0) is 9.53 Å². The predicted octanol–water partition coefficient (Wildman–Crippen LogP) is 4.81. The van der Waals surface area contributed by atoms with Crippen LogP contribution in [0, 0.1) is 17.2 Å². The lowest BCUT2D eigenvalue weighted by Crippen LogP contribution is -2.40. The fourth-order valence-corrected chi connectivity index (χ4v) is 4.10. The van der Waals surface area contributed by atoms with Gasteiger partial charge in [-0.25, -0.2) is 0 Å². The maximum atomic E-state index is 11.0. The number of carbonyl (C=O) groups is 1. The lowest BCUT2D eigenvalue weighted by molar-refractivity contribution is -0.176. The monoisotopic (exact) mass is 331 g/mol. The summed E-state index contributed by atoms with van der Waals surface area (Å²) in [4.78, 5) is 11.0. The molecule has 1 heterocycles. The van der Waals surface area contributed by atoms with Crippen molar-refractivity contribution in [3.8, 4) is 17.2 Å². The molecule has 0 amide bonds. The third-order valence-corrected chi connectivity index (χ3v) is 5.68. The van der Waals surface area contributed by atoms with E-state index in [4.69, 9.17) is 10.00 Å². The summed E-state index contributed by atoms with van der Waals surface area (Å²) in [5.74, 6) is 1.14. The number of carbonyl (C=O) groups excluding carboxylic acids is 1. The van der Waals surface area contributed by atoms with Gasteiger partial charge in [0.1, 0.15) is 6.10 Å². The van der Waals surface area contributed by atoms with Gasteiger partial charge in [0.05, 0.1) is 18.1 Å². The van der Waals surface area contributed by atoms with E-state index >= 15 is 0 Å². The summed E-state index contributed by atoms with van der Waals surface area (Å²) in [6.45, 7) is 0. The van der Waals surface area contributed by atoms with E-state index in [9.17, 15) is 4.79 Å². The second kappa shape index (κ2) is 6.72. The minimum atomic E-state index is -0.0366. The number of hydrogen-bond donors (Lipinski definition) is 0. The van der Waals surface area contributed by atoms with Crippen molar-refractivity contribution in [2.45, 2.75) is 44.1 Å². The summed E-state index contributed by atoms with van der Waals surface area (Å²) in [6.07, 6.45) is 5.46. The van der Waals surface area contributed by atoms with Crippen LogP contribution in [0.2, 0.25) is 0 Å². The first-order valence-corrected chi connectivity index (χ1v) is 9.03. The summed E-state index contributed by atoms with van der Waals surface area (Å²) in [6, 6.07) is 18.7. The highest BCUT2D eigenvalue weighted by Gasteiger charge is 2.37. The van der Waals surface area contributed by atoms with Crippen molar-refractivity contribution in [3.63, 3.8) is 0 Å². The quantitative estimate of drug-likeness (QED) is 0.758. The number of ether oxygens (including phenoxy) is 1. The topological polar surface area (TPSA) is 50.1 Å². The van der Waals surface area contributed by atoms with Crippen molar-refractivity contribution in [3.05, 3.63) is 59.7 Å². The Balaban J connectivity index is 1.39. The van der Waals surface area contributed by atoms with Gasteiger partial charge in [-0.05, 0) is 66.3 Å². The summed E-state index contributed by atoms with van der Waals surface area (Å²) in [5.41, 5.74) is 4.42. The highest BCUT2D eigenvalue weighted by atomic mass is 16.6. The molecule has 1 unspecified atom stereocenters. The Morgan fingerprint density at radius 1 is 0.880 bits per heavy atom. The zero-order chi connectivity index (χ0) is 17.2. The molecule has 1 aliphatic heterocycles. The molecule has 0 aromatic heterocycles. The zero-order valence-electron chi connectivity index (χ0n) is 14.2. The molecule has 3 heteroatoms. The van der Waals surface area contributed by atoms with E-state index in [0.717, 1.165) is 18.4 Å². The van der Waals surface area contributed by atoms with Crippen LogP contribution in [0.5, 0.6) is 0 Å². The van der Waals surface area contributed by atoms with Crippen LogP contribution in [0.15, 0.2) is 48.5 Å². The minimum Gasteiger partial charge on any atom is -0.461 e. The lowest BCUT2D eigenvalue weighted by Gasteiger charge is -2.37. The SMILES string of the molecule is N#Cc1ccc(-c2ccc(C3CCC(C4CC(=O)O4)CC3)cc2)cc1. The second-order valence-corrected chi connectivity index (χ2v) is 7.16. The number of cyclic esters (lactones) is 1. The first-order valence-electron chi connectivity index (χ1n) is 9.03. The Morgan fingerprint density at radius 3 is 1.96 bits per heavy atom. The molecule has 1 saturated carbocycles. The molecule has 2 aliphatic rings. The molecule has 0 radical (unpaired) electrons. The molecule has 126 valence electrons. The molecule has 1 atom stereocenters. The maximum absolute atomic E-state index is 11.0. The Morgan fingerprint density at radius 2 is 1.44 bits per heavy atom. The van der Waals surface area contributed by atoms with Crippen LogP contribution >= 0.6 is 0 Å². The largest absolute Gasteiger partial charge is 0.461 e. The van der Waals surface area contributed by atoms with Gasteiger partial charge in [-0.15, -0.1) is 0 Å². The fraction of sp³-hybridized carbons (Fsp3) is 0.364. The molecule has 2 aromatic carbocycles. The van der Waals surface area contributed by atoms with Crippen molar-refractivity contribution in [1.29, 1.82) is 5.26 Å². The van der Waals surface area contributed by atoms with E-state index in [1.165, 1.54) is 24.0 Å². The molecule has 25 heavy (non-hydrogen) atoms. The van der Waals surface area contributed by atoms with E-state index in [1.807, 2.05) is 24.3 Å². The number of rotatable bonds is 3. The average Bonchev–Trinajstić information content (AvgIpc) is 2.66. The van der Waals surface area contributed by atoms with Crippen LogP contribution in [0.25, 0.3) is 11.1 Å².